The molecule has 96 valence electrons. The summed E-state index contributed by atoms with van der Waals surface area (Å²) >= 11 is 0. The van der Waals surface area contributed by atoms with Gasteiger partial charge in [-0.05, 0) is 18.9 Å². The van der Waals surface area contributed by atoms with Crippen molar-refractivity contribution >= 4 is 9.84 Å². The zero-order chi connectivity index (χ0) is 13.0. The molecule has 2 rings (SSSR count). The van der Waals surface area contributed by atoms with Crippen LogP contribution in [0.5, 0.6) is 0 Å². The molecule has 0 spiro atoms. The Balaban J connectivity index is 1.91. The van der Waals surface area contributed by atoms with E-state index < -0.39 is 9.84 Å². The lowest BCUT2D eigenvalue weighted by Gasteiger charge is -2.11. The Labute approximate surface area is 107 Å². The van der Waals surface area contributed by atoms with Gasteiger partial charge in [0.1, 0.15) is 11.8 Å². The smallest absolute Gasteiger partial charge is 0.154 e. The van der Waals surface area contributed by atoms with Gasteiger partial charge in [-0.3, -0.25) is 0 Å². The Bertz CT molecular complexity index is 563. The summed E-state index contributed by atoms with van der Waals surface area (Å²) in [7, 11) is -2.90. The highest BCUT2D eigenvalue weighted by Crippen LogP contribution is 2.19. The van der Waals surface area contributed by atoms with Crippen LogP contribution in [0, 0.1) is 11.3 Å². The van der Waals surface area contributed by atoms with Crippen LogP contribution in [0.1, 0.15) is 24.1 Å². The van der Waals surface area contributed by atoms with Crippen molar-refractivity contribution in [3.8, 4) is 6.07 Å². The fourth-order valence-corrected chi connectivity index (χ4v) is 3.94. The van der Waals surface area contributed by atoms with Crippen molar-refractivity contribution < 1.29 is 8.42 Å². The summed E-state index contributed by atoms with van der Waals surface area (Å²) < 4.78 is 23.2. The van der Waals surface area contributed by atoms with E-state index in [4.69, 9.17) is 5.26 Å². The van der Waals surface area contributed by atoms with Crippen LogP contribution in [-0.4, -0.2) is 30.9 Å². The molecule has 6 heteroatoms. The van der Waals surface area contributed by atoms with Crippen LogP contribution < -0.4 is 5.32 Å². The average Bonchev–Trinajstić information content (AvgIpc) is 2.69. The van der Waals surface area contributed by atoms with E-state index in [0.29, 0.717) is 24.5 Å². The second-order valence-electron chi connectivity index (χ2n) is 4.39. The number of hydrogen-bond donors (Lipinski definition) is 1. The monoisotopic (exact) mass is 265 g/mol. The third-order valence-corrected chi connectivity index (χ3v) is 5.42. The first-order valence-corrected chi connectivity index (χ1v) is 7.61. The van der Waals surface area contributed by atoms with E-state index in [1.54, 1.807) is 12.3 Å². The summed E-state index contributed by atoms with van der Waals surface area (Å²) in [5.41, 5.74) is 1.19. The minimum Gasteiger partial charge on any atom is -0.311 e. The quantitative estimate of drug-likeness (QED) is 0.863. The molecule has 0 saturated carbocycles. The van der Waals surface area contributed by atoms with Crippen LogP contribution in [0.3, 0.4) is 0 Å². The predicted octanol–water partition coefficient (Wildman–Crippen LogP) is 0.620. The van der Waals surface area contributed by atoms with Crippen molar-refractivity contribution in [1.82, 2.24) is 10.3 Å². The molecule has 0 radical (unpaired) electrons. The fourth-order valence-electron chi connectivity index (χ4n) is 2.14. The highest BCUT2D eigenvalue weighted by molar-refractivity contribution is 7.92. The van der Waals surface area contributed by atoms with Gasteiger partial charge >= 0.3 is 0 Å². The molecule has 1 fully saturated rings. The van der Waals surface area contributed by atoms with Crippen LogP contribution in [0.25, 0.3) is 0 Å². The van der Waals surface area contributed by atoms with Gasteiger partial charge in [-0.1, -0.05) is 6.07 Å². The Kier molecular flexibility index (Phi) is 3.94. The lowest BCUT2D eigenvalue weighted by atomic mass is 10.2. The molecule has 1 unspecified atom stereocenters. The molecule has 1 saturated heterocycles. The van der Waals surface area contributed by atoms with Crippen LogP contribution >= 0.6 is 0 Å². The van der Waals surface area contributed by atoms with Crippen molar-refractivity contribution in [3.05, 3.63) is 29.6 Å². The Hall–Kier alpha value is -1.45. The SMILES string of the molecule is N#Cc1ncccc1CNCC1CCCS1(=O)=O. The molecule has 18 heavy (non-hydrogen) atoms. The molecule has 0 amide bonds. The maximum Gasteiger partial charge on any atom is 0.154 e. The van der Waals surface area contributed by atoms with Gasteiger partial charge in [0.05, 0.1) is 11.0 Å². The second-order valence-corrected chi connectivity index (χ2v) is 6.79. The lowest BCUT2D eigenvalue weighted by molar-refractivity contribution is 0.573. The number of pyridine rings is 1. The minimum atomic E-state index is -2.90. The van der Waals surface area contributed by atoms with Gasteiger partial charge < -0.3 is 5.32 Å². The first kappa shape index (κ1) is 13.0. The first-order valence-electron chi connectivity index (χ1n) is 5.90. The number of nitrogens with one attached hydrogen (secondary N) is 1. The van der Waals surface area contributed by atoms with Gasteiger partial charge in [0, 0.05) is 24.8 Å². The maximum atomic E-state index is 11.6. The van der Waals surface area contributed by atoms with E-state index in [-0.39, 0.29) is 5.25 Å². The van der Waals surface area contributed by atoms with Gasteiger partial charge in [0.15, 0.2) is 9.84 Å². The van der Waals surface area contributed by atoms with Crippen LogP contribution in [0.4, 0.5) is 0 Å². The van der Waals surface area contributed by atoms with Crippen LogP contribution in [0.15, 0.2) is 18.3 Å². The third kappa shape index (κ3) is 2.86. The Morgan fingerprint density at radius 1 is 1.56 bits per heavy atom. The Morgan fingerprint density at radius 3 is 3.06 bits per heavy atom. The van der Waals surface area contributed by atoms with Gasteiger partial charge in [0.25, 0.3) is 0 Å². The second kappa shape index (κ2) is 5.46. The van der Waals surface area contributed by atoms with Crippen molar-refractivity contribution in [1.29, 1.82) is 5.26 Å². The Morgan fingerprint density at radius 2 is 2.39 bits per heavy atom. The molecule has 1 aliphatic heterocycles. The zero-order valence-electron chi connectivity index (χ0n) is 9.96. The van der Waals surface area contributed by atoms with E-state index in [0.717, 1.165) is 18.4 Å². The van der Waals surface area contributed by atoms with Crippen LogP contribution in [-0.2, 0) is 16.4 Å². The molecule has 1 N–H and O–H groups in total. The number of aromatic nitrogens is 1. The van der Waals surface area contributed by atoms with Crippen molar-refractivity contribution in [2.75, 3.05) is 12.3 Å². The third-order valence-electron chi connectivity index (χ3n) is 3.15. The van der Waals surface area contributed by atoms with Gasteiger partial charge in [0.2, 0.25) is 0 Å². The van der Waals surface area contributed by atoms with Crippen molar-refractivity contribution in [3.63, 3.8) is 0 Å². The summed E-state index contributed by atoms with van der Waals surface area (Å²) in [5.74, 6) is 0.301. The summed E-state index contributed by atoms with van der Waals surface area (Å²) in [6.07, 6.45) is 3.06. The molecule has 2 heterocycles. The van der Waals surface area contributed by atoms with E-state index in [9.17, 15) is 8.42 Å². The summed E-state index contributed by atoms with van der Waals surface area (Å²) in [6.45, 7) is 0.921. The molecular weight excluding hydrogens is 250 g/mol. The largest absolute Gasteiger partial charge is 0.311 e. The molecule has 0 aliphatic carbocycles. The maximum absolute atomic E-state index is 11.6. The highest BCUT2D eigenvalue weighted by Gasteiger charge is 2.30. The number of nitrogens with zero attached hydrogens (tertiary/aromatic N) is 2. The number of nitriles is 1. The summed E-state index contributed by atoms with van der Waals surface area (Å²) in [5, 5.41) is 11.7. The van der Waals surface area contributed by atoms with Gasteiger partial charge in [-0.2, -0.15) is 5.26 Å². The predicted molar refractivity (Wildman–Crippen MR) is 67.5 cm³/mol. The molecule has 1 atom stereocenters. The van der Waals surface area contributed by atoms with Gasteiger partial charge in [-0.15, -0.1) is 0 Å². The summed E-state index contributed by atoms with van der Waals surface area (Å²) in [4.78, 5) is 3.96. The standard InChI is InChI=1S/C12H15N3O2S/c13-7-12-10(3-1-5-15-12)8-14-9-11-4-2-6-18(11,16)17/h1,3,5,11,14H,2,4,6,8-9H2. The topological polar surface area (TPSA) is 82.8 Å². The number of rotatable bonds is 4. The first-order chi connectivity index (χ1) is 8.63. The zero-order valence-corrected chi connectivity index (χ0v) is 10.8. The van der Waals surface area contributed by atoms with Crippen LogP contribution in [0.2, 0.25) is 0 Å². The fraction of sp³-hybridized carbons (Fsp3) is 0.500. The molecule has 0 bridgehead atoms. The van der Waals surface area contributed by atoms with E-state index in [1.165, 1.54) is 0 Å². The molecule has 5 nitrogen and oxygen atoms in total. The average molecular weight is 265 g/mol. The summed E-state index contributed by atoms with van der Waals surface area (Å²) in [6, 6.07) is 5.61. The lowest BCUT2D eigenvalue weighted by Crippen LogP contribution is -2.30. The highest BCUT2D eigenvalue weighted by atomic mass is 32.2. The molecule has 1 aromatic heterocycles. The van der Waals surface area contributed by atoms with E-state index >= 15 is 0 Å². The van der Waals surface area contributed by atoms with Crippen molar-refractivity contribution in [2.45, 2.75) is 24.6 Å². The molecular formula is C12H15N3O2S. The van der Waals surface area contributed by atoms with E-state index in [2.05, 4.69) is 10.3 Å². The minimum absolute atomic E-state index is 0.278. The normalized spacial score (nSPS) is 21.6. The molecule has 1 aliphatic rings. The van der Waals surface area contributed by atoms with Gasteiger partial charge in [-0.25, -0.2) is 13.4 Å². The molecule has 1 aromatic rings. The number of sulfone groups is 1. The molecule has 0 aromatic carbocycles. The van der Waals surface area contributed by atoms with E-state index in [1.807, 2.05) is 12.1 Å². The number of hydrogen-bond acceptors (Lipinski definition) is 5. The van der Waals surface area contributed by atoms with Crippen molar-refractivity contribution in [2.24, 2.45) is 0 Å².